The fraction of sp³-hybridized carbons (Fsp3) is 0.818. The summed E-state index contributed by atoms with van der Waals surface area (Å²) in [6, 6.07) is 0. The highest BCUT2D eigenvalue weighted by Gasteiger charge is 2.52. The van der Waals surface area contributed by atoms with Crippen LogP contribution >= 0.6 is 0 Å². The van der Waals surface area contributed by atoms with Gasteiger partial charge in [0, 0.05) is 56.9 Å². The molecule has 58 heavy (non-hydrogen) atoms. The topological polar surface area (TPSA) is 187 Å². The first-order valence-electron chi connectivity index (χ1n) is 21.1. The van der Waals surface area contributed by atoms with E-state index in [0.29, 0.717) is 25.7 Å². The van der Waals surface area contributed by atoms with Gasteiger partial charge in [-0.2, -0.15) is 0 Å². The Hall–Kier alpha value is -3.36. The van der Waals surface area contributed by atoms with Gasteiger partial charge in [-0.1, -0.05) is 68.4 Å². The summed E-state index contributed by atoms with van der Waals surface area (Å²) in [6.07, 6.45) is -2.91. The predicted octanol–water partition coefficient (Wildman–Crippen LogP) is 6.60. The number of hydrogen-bond acceptors (Lipinski definition) is 14. The number of ketones is 1. The number of carbonyl (C=O) groups excluding carboxylic acids is 6. The van der Waals surface area contributed by atoms with Gasteiger partial charge in [-0.25, -0.2) is 4.79 Å². The number of aliphatic hydroxyl groups is 1. The van der Waals surface area contributed by atoms with Crippen molar-refractivity contribution in [3.63, 3.8) is 0 Å². The van der Waals surface area contributed by atoms with Gasteiger partial charge in [0.1, 0.15) is 30.5 Å². The van der Waals surface area contributed by atoms with Gasteiger partial charge in [-0.05, 0) is 62.7 Å². The van der Waals surface area contributed by atoms with E-state index < -0.39 is 96.0 Å². The number of esters is 5. The Kier molecular flexibility index (Phi) is 20.5. The largest absolute Gasteiger partial charge is 0.466 e. The molecule has 14 nitrogen and oxygen atoms in total. The standard InChI is InChI=1S/C44H72O14/c1-14-37(47)54-33(16-15-28(8)43(51)52-13)30(10)42(53-32(12)46)35(55-38(48)17-24(2)3)21-29(9)41(56-39(49)18-25(4)5)36-20-27(7)23-44(58-36)22-26(6)19-34(57-44)40(50)31(11)45/h15,24-27,29-30,33-36,40-42,50H,14,16-23H2,1-13H3/b28-15+/t26-,27?,29?,30?,33?,34?,35?,36?,40?,41?,42?,44?/m0/s1. The van der Waals surface area contributed by atoms with E-state index in [4.69, 9.17) is 33.2 Å². The summed E-state index contributed by atoms with van der Waals surface area (Å²) in [5.41, 5.74) is 0.286. The maximum absolute atomic E-state index is 13.5. The molecule has 2 heterocycles. The summed E-state index contributed by atoms with van der Waals surface area (Å²) in [6.45, 7) is 21.0. The van der Waals surface area contributed by atoms with Gasteiger partial charge in [-0.15, -0.1) is 0 Å². The zero-order valence-electron chi connectivity index (χ0n) is 37.2. The van der Waals surface area contributed by atoms with E-state index in [1.807, 2.05) is 41.5 Å². The van der Waals surface area contributed by atoms with Gasteiger partial charge in [-0.3, -0.25) is 24.0 Å². The van der Waals surface area contributed by atoms with Crippen molar-refractivity contribution in [2.75, 3.05) is 7.11 Å². The van der Waals surface area contributed by atoms with Gasteiger partial charge in [0.25, 0.3) is 0 Å². The Labute approximate surface area is 345 Å². The molecule has 0 aromatic carbocycles. The second-order valence-electron chi connectivity index (χ2n) is 17.7. The molecule has 1 N–H and O–H groups in total. The lowest BCUT2D eigenvalue weighted by atomic mass is 9.79. The van der Waals surface area contributed by atoms with E-state index in [0.717, 1.165) is 0 Å². The molecule has 2 fully saturated rings. The van der Waals surface area contributed by atoms with Crippen molar-refractivity contribution in [2.24, 2.45) is 35.5 Å². The molecule has 0 saturated carbocycles. The van der Waals surface area contributed by atoms with Crippen molar-refractivity contribution >= 4 is 35.6 Å². The van der Waals surface area contributed by atoms with Crippen LogP contribution in [0.4, 0.5) is 0 Å². The Balaban J connectivity index is 2.68. The number of ether oxygens (including phenoxy) is 7. The molecule has 12 atom stereocenters. The van der Waals surface area contributed by atoms with Crippen molar-refractivity contribution in [1.29, 1.82) is 0 Å². The molecule has 2 saturated heterocycles. The minimum Gasteiger partial charge on any atom is -0.466 e. The number of aliphatic hydroxyl groups excluding tert-OH is 1. The third kappa shape index (κ3) is 16.0. The lowest BCUT2D eigenvalue weighted by molar-refractivity contribution is -0.347. The number of rotatable bonds is 21. The van der Waals surface area contributed by atoms with E-state index in [2.05, 4.69) is 6.92 Å². The molecule has 2 rings (SSSR count). The molecule has 332 valence electrons. The highest BCUT2D eigenvalue weighted by Crippen LogP contribution is 2.46. The second-order valence-corrected chi connectivity index (χ2v) is 17.7. The van der Waals surface area contributed by atoms with Crippen LogP contribution in [0, 0.1) is 35.5 Å². The van der Waals surface area contributed by atoms with E-state index in [1.54, 1.807) is 26.8 Å². The second kappa shape index (κ2) is 23.4. The average molecular weight is 825 g/mol. The Morgan fingerprint density at radius 3 is 1.78 bits per heavy atom. The fourth-order valence-corrected chi connectivity index (χ4v) is 8.11. The van der Waals surface area contributed by atoms with Crippen LogP contribution in [0.25, 0.3) is 0 Å². The van der Waals surface area contributed by atoms with Gasteiger partial charge in [0.15, 0.2) is 11.6 Å². The molecule has 2 aliphatic rings. The van der Waals surface area contributed by atoms with Gasteiger partial charge in [0.2, 0.25) is 0 Å². The lowest BCUT2D eigenvalue weighted by Gasteiger charge is -2.51. The summed E-state index contributed by atoms with van der Waals surface area (Å²) in [4.78, 5) is 77.0. The molecule has 0 amide bonds. The average Bonchev–Trinajstić information content (AvgIpc) is 3.11. The van der Waals surface area contributed by atoms with E-state index in [9.17, 15) is 33.9 Å². The molecule has 11 unspecified atom stereocenters. The van der Waals surface area contributed by atoms with Crippen molar-refractivity contribution < 1.29 is 67.0 Å². The quantitative estimate of drug-likeness (QED) is 0.0741. The van der Waals surface area contributed by atoms with Crippen LogP contribution in [0.15, 0.2) is 11.6 Å². The first kappa shape index (κ1) is 50.8. The summed E-state index contributed by atoms with van der Waals surface area (Å²) in [7, 11) is 1.26. The molecule has 2 aliphatic heterocycles. The van der Waals surface area contributed by atoms with Gasteiger partial charge < -0.3 is 38.3 Å². The molecule has 0 bridgehead atoms. The van der Waals surface area contributed by atoms with Gasteiger partial charge >= 0.3 is 29.8 Å². The van der Waals surface area contributed by atoms with Crippen molar-refractivity contribution in [2.45, 2.75) is 189 Å². The Morgan fingerprint density at radius 2 is 1.28 bits per heavy atom. The lowest BCUT2D eigenvalue weighted by Crippen LogP contribution is -2.57. The van der Waals surface area contributed by atoms with Gasteiger partial charge in [0.05, 0.1) is 19.3 Å². The van der Waals surface area contributed by atoms with Crippen LogP contribution in [-0.4, -0.2) is 96.4 Å². The van der Waals surface area contributed by atoms with Crippen LogP contribution in [0.2, 0.25) is 0 Å². The van der Waals surface area contributed by atoms with E-state index >= 15 is 0 Å². The zero-order valence-corrected chi connectivity index (χ0v) is 37.2. The molecular weight excluding hydrogens is 752 g/mol. The monoisotopic (exact) mass is 824 g/mol. The molecule has 0 aliphatic carbocycles. The summed E-state index contributed by atoms with van der Waals surface area (Å²) in [5.74, 6) is -5.58. The number of hydrogen-bond donors (Lipinski definition) is 1. The van der Waals surface area contributed by atoms with Crippen LogP contribution < -0.4 is 0 Å². The summed E-state index contributed by atoms with van der Waals surface area (Å²) < 4.78 is 42.5. The Morgan fingerprint density at radius 1 is 0.759 bits per heavy atom. The smallest absolute Gasteiger partial charge is 0.333 e. The zero-order chi connectivity index (χ0) is 44.1. The predicted molar refractivity (Wildman–Crippen MR) is 214 cm³/mol. The number of carbonyl (C=O) groups is 6. The third-order valence-electron chi connectivity index (χ3n) is 10.8. The third-order valence-corrected chi connectivity index (χ3v) is 10.8. The van der Waals surface area contributed by atoms with Crippen LogP contribution in [0.5, 0.6) is 0 Å². The van der Waals surface area contributed by atoms with Crippen LogP contribution in [-0.2, 0) is 61.9 Å². The minimum absolute atomic E-state index is 0.00378. The van der Waals surface area contributed by atoms with Crippen molar-refractivity contribution in [3.05, 3.63) is 11.6 Å². The van der Waals surface area contributed by atoms with Crippen LogP contribution in [0.1, 0.15) is 141 Å². The maximum atomic E-state index is 13.5. The first-order valence-corrected chi connectivity index (χ1v) is 21.1. The summed E-state index contributed by atoms with van der Waals surface area (Å²) >= 11 is 0. The number of Topliss-reactive ketones (excluding diaryl/α,β-unsaturated/α-hetero) is 1. The van der Waals surface area contributed by atoms with E-state index in [1.165, 1.54) is 21.0 Å². The number of methoxy groups -OCH3 is 1. The highest BCUT2D eigenvalue weighted by atomic mass is 16.7. The molecule has 14 heteroatoms. The SMILES string of the molecule is CCC(=O)OC(C/C=C(\C)C(=O)OC)C(C)C(OC(C)=O)C(CC(C)C(OC(=O)CC(C)C)C1CC(C)CC2(C[C@@H](C)CC(C(O)C(C)=O)O2)O1)OC(=O)CC(C)C. The van der Waals surface area contributed by atoms with Crippen molar-refractivity contribution in [1.82, 2.24) is 0 Å². The molecule has 0 aromatic rings. The van der Waals surface area contributed by atoms with Crippen LogP contribution in [0.3, 0.4) is 0 Å². The maximum Gasteiger partial charge on any atom is 0.333 e. The normalized spacial score (nSPS) is 26.1. The highest BCUT2D eigenvalue weighted by molar-refractivity contribution is 5.87. The molecular formula is C44H72O14. The molecule has 0 radical (unpaired) electrons. The first-order chi connectivity index (χ1) is 27.0. The minimum atomic E-state index is -1.32. The van der Waals surface area contributed by atoms with Crippen molar-refractivity contribution in [3.8, 4) is 0 Å². The molecule has 0 aromatic heterocycles. The fourth-order valence-electron chi connectivity index (χ4n) is 8.11. The Bertz CT molecular complexity index is 1420. The summed E-state index contributed by atoms with van der Waals surface area (Å²) in [5, 5.41) is 10.8. The van der Waals surface area contributed by atoms with E-state index in [-0.39, 0.29) is 61.3 Å². The molecule has 1 spiro atoms.